The highest BCUT2D eigenvalue weighted by atomic mass is 35.5. The van der Waals surface area contributed by atoms with Gasteiger partial charge in [0.25, 0.3) is 11.8 Å². The van der Waals surface area contributed by atoms with Crippen molar-refractivity contribution < 1.29 is 14.0 Å². The molecule has 0 unspecified atom stereocenters. The van der Waals surface area contributed by atoms with Crippen LogP contribution in [-0.2, 0) is 0 Å². The van der Waals surface area contributed by atoms with Crippen molar-refractivity contribution in [1.29, 1.82) is 5.41 Å². The average Bonchev–Trinajstić information content (AvgIpc) is 2.70. The third kappa shape index (κ3) is 5.03. The first-order valence-corrected chi connectivity index (χ1v) is 9.53. The molecule has 0 aromatic heterocycles. The Balaban J connectivity index is 1.86. The maximum atomic E-state index is 14.3. The van der Waals surface area contributed by atoms with Crippen LogP contribution in [0, 0.1) is 11.2 Å². The highest BCUT2D eigenvalue weighted by Gasteiger charge is 2.18. The van der Waals surface area contributed by atoms with E-state index in [2.05, 4.69) is 10.6 Å². The number of carbonyl (C=O) groups excluding carboxylic acids is 2. The second kappa shape index (κ2) is 9.07. The molecule has 152 valence electrons. The molecule has 0 aliphatic heterocycles. The predicted molar refractivity (Wildman–Crippen MR) is 118 cm³/mol. The molecule has 3 N–H and O–H groups in total. The lowest BCUT2D eigenvalue weighted by Crippen LogP contribution is -2.19. The number of hydrogen-bond donors (Lipinski definition) is 3. The fourth-order valence-electron chi connectivity index (χ4n) is 2.67. The van der Waals surface area contributed by atoms with E-state index in [1.807, 2.05) is 0 Å². The molecule has 0 aliphatic rings. The van der Waals surface area contributed by atoms with E-state index < -0.39 is 17.6 Å². The first kappa shape index (κ1) is 21.5. The van der Waals surface area contributed by atoms with Crippen LogP contribution in [0.2, 0.25) is 10.0 Å². The van der Waals surface area contributed by atoms with Crippen molar-refractivity contribution >= 4 is 52.1 Å². The summed E-state index contributed by atoms with van der Waals surface area (Å²) in [7, 11) is 0. The number of nitrogens with one attached hydrogen (secondary N) is 3. The average molecular weight is 444 g/mol. The summed E-state index contributed by atoms with van der Waals surface area (Å²) in [5.41, 5.74) is 1.13. The first-order chi connectivity index (χ1) is 14.2. The minimum atomic E-state index is -0.766. The molecule has 0 aliphatic carbocycles. The molecule has 3 aromatic carbocycles. The third-order valence-corrected chi connectivity index (χ3v) is 4.71. The van der Waals surface area contributed by atoms with Crippen LogP contribution in [0.3, 0.4) is 0 Å². The van der Waals surface area contributed by atoms with Crippen molar-refractivity contribution in [3.05, 3.63) is 93.2 Å². The van der Waals surface area contributed by atoms with E-state index in [0.29, 0.717) is 21.3 Å². The lowest BCUT2D eigenvalue weighted by molar-refractivity contribution is 0.102. The Morgan fingerprint density at radius 2 is 1.47 bits per heavy atom. The largest absolute Gasteiger partial charge is 0.322 e. The summed E-state index contributed by atoms with van der Waals surface area (Å²) >= 11 is 11.9. The molecule has 0 bridgehead atoms. The standard InChI is InChI=1S/C22H16Cl2FN3O2/c1-12(26)13-2-8-17(19(25)10-13)21(29)28-20-9-5-15(24)11-18(20)22(30)27-16-6-3-14(23)4-7-16/h2-11,26H,1H3,(H,27,30)(H,28,29). The van der Waals surface area contributed by atoms with Gasteiger partial charge >= 0.3 is 0 Å². The topological polar surface area (TPSA) is 82.1 Å². The van der Waals surface area contributed by atoms with E-state index in [1.165, 1.54) is 37.3 Å². The van der Waals surface area contributed by atoms with Crippen molar-refractivity contribution in [2.75, 3.05) is 10.6 Å². The molecule has 0 spiro atoms. The van der Waals surface area contributed by atoms with Crippen LogP contribution in [0.25, 0.3) is 0 Å². The lowest BCUT2D eigenvalue weighted by atomic mass is 10.1. The molecular weight excluding hydrogens is 428 g/mol. The summed E-state index contributed by atoms with van der Waals surface area (Å²) in [6, 6.07) is 14.8. The molecule has 0 saturated heterocycles. The molecule has 3 aromatic rings. The summed E-state index contributed by atoms with van der Waals surface area (Å²) in [6.07, 6.45) is 0. The molecule has 0 radical (unpaired) electrons. The van der Waals surface area contributed by atoms with E-state index in [9.17, 15) is 14.0 Å². The fourth-order valence-corrected chi connectivity index (χ4v) is 2.97. The molecule has 30 heavy (non-hydrogen) atoms. The van der Waals surface area contributed by atoms with E-state index in [4.69, 9.17) is 28.6 Å². The van der Waals surface area contributed by atoms with Gasteiger partial charge in [-0.1, -0.05) is 29.3 Å². The smallest absolute Gasteiger partial charge is 0.258 e. The minimum absolute atomic E-state index is 0.109. The SMILES string of the molecule is CC(=N)c1ccc(C(=O)Nc2ccc(Cl)cc2C(=O)Nc2ccc(Cl)cc2)c(F)c1. The second-order valence-electron chi connectivity index (χ2n) is 6.42. The van der Waals surface area contributed by atoms with Crippen LogP contribution in [0.15, 0.2) is 60.7 Å². The molecule has 0 saturated carbocycles. The van der Waals surface area contributed by atoms with Gasteiger partial charge in [0.2, 0.25) is 0 Å². The van der Waals surface area contributed by atoms with Crippen molar-refractivity contribution in [1.82, 2.24) is 0 Å². The van der Waals surface area contributed by atoms with Crippen molar-refractivity contribution in [2.45, 2.75) is 6.92 Å². The Labute approximate surface area is 182 Å². The van der Waals surface area contributed by atoms with E-state index in [-0.39, 0.29) is 22.5 Å². The number of halogens is 3. The molecule has 3 rings (SSSR count). The van der Waals surface area contributed by atoms with Gasteiger partial charge in [0, 0.05) is 21.4 Å². The molecule has 0 fully saturated rings. The Bertz CT molecular complexity index is 1150. The van der Waals surface area contributed by atoms with Crippen LogP contribution in [-0.4, -0.2) is 17.5 Å². The fraction of sp³-hybridized carbons (Fsp3) is 0.0455. The molecule has 0 heterocycles. The van der Waals surface area contributed by atoms with E-state index in [0.717, 1.165) is 6.07 Å². The zero-order chi connectivity index (χ0) is 21.8. The van der Waals surface area contributed by atoms with Gasteiger partial charge in [0.05, 0.1) is 16.8 Å². The Morgan fingerprint density at radius 3 is 2.10 bits per heavy atom. The van der Waals surface area contributed by atoms with Gasteiger partial charge in [0.15, 0.2) is 0 Å². The van der Waals surface area contributed by atoms with Crippen LogP contribution < -0.4 is 10.6 Å². The van der Waals surface area contributed by atoms with Gasteiger partial charge in [0.1, 0.15) is 5.82 Å². The number of rotatable bonds is 5. The van der Waals surface area contributed by atoms with Crippen LogP contribution in [0.4, 0.5) is 15.8 Å². The second-order valence-corrected chi connectivity index (χ2v) is 7.30. The van der Waals surface area contributed by atoms with Gasteiger partial charge in [-0.15, -0.1) is 0 Å². The van der Waals surface area contributed by atoms with Crippen LogP contribution >= 0.6 is 23.2 Å². The summed E-state index contributed by atoms with van der Waals surface area (Å²) < 4.78 is 14.3. The van der Waals surface area contributed by atoms with Gasteiger partial charge in [-0.25, -0.2) is 4.39 Å². The summed E-state index contributed by atoms with van der Waals surface area (Å²) in [6.45, 7) is 1.52. The number of benzene rings is 3. The number of amides is 2. The monoisotopic (exact) mass is 443 g/mol. The molecule has 2 amide bonds. The van der Waals surface area contributed by atoms with Crippen molar-refractivity contribution in [3.8, 4) is 0 Å². The van der Waals surface area contributed by atoms with Crippen LogP contribution in [0.5, 0.6) is 0 Å². The summed E-state index contributed by atoms with van der Waals surface area (Å²) in [4.78, 5) is 25.3. The minimum Gasteiger partial charge on any atom is -0.322 e. The van der Waals surface area contributed by atoms with Crippen molar-refractivity contribution in [3.63, 3.8) is 0 Å². The maximum Gasteiger partial charge on any atom is 0.258 e. The van der Waals surface area contributed by atoms with Gasteiger partial charge in [-0.3, -0.25) is 9.59 Å². The summed E-state index contributed by atoms with van der Waals surface area (Å²) in [5, 5.41) is 13.6. The quantitative estimate of drug-likeness (QED) is 0.421. The molecule has 5 nitrogen and oxygen atoms in total. The van der Waals surface area contributed by atoms with Gasteiger partial charge in [-0.05, 0) is 67.1 Å². The lowest BCUT2D eigenvalue weighted by Gasteiger charge is -2.13. The number of anilines is 2. The summed E-state index contributed by atoms with van der Waals surface area (Å²) in [5.74, 6) is -2.01. The highest BCUT2D eigenvalue weighted by Crippen LogP contribution is 2.24. The van der Waals surface area contributed by atoms with E-state index >= 15 is 0 Å². The zero-order valence-corrected chi connectivity index (χ0v) is 17.2. The highest BCUT2D eigenvalue weighted by molar-refractivity contribution is 6.31. The Hall–Kier alpha value is -3.22. The Morgan fingerprint density at radius 1 is 0.833 bits per heavy atom. The number of carbonyl (C=O) groups is 2. The maximum absolute atomic E-state index is 14.3. The van der Waals surface area contributed by atoms with Crippen LogP contribution in [0.1, 0.15) is 33.2 Å². The first-order valence-electron chi connectivity index (χ1n) is 8.77. The molecular formula is C22H16Cl2FN3O2. The predicted octanol–water partition coefficient (Wildman–Crippen LogP) is 6.02. The molecule has 8 heteroatoms. The number of hydrogen-bond acceptors (Lipinski definition) is 3. The van der Waals surface area contributed by atoms with Gasteiger partial charge in [-0.2, -0.15) is 0 Å². The molecule has 0 atom stereocenters. The van der Waals surface area contributed by atoms with Gasteiger partial charge < -0.3 is 16.0 Å². The Kier molecular flexibility index (Phi) is 6.50. The van der Waals surface area contributed by atoms with Crippen molar-refractivity contribution in [2.24, 2.45) is 0 Å². The normalized spacial score (nSPS) is 10.4. The van der Waals surface area contributed by atoms with E-state index in [1.54, 1.807) is 24.3 Å². The zero-order valence-electron chi connectivity index (χ0n) is 15.7. The third-order valence-electron chi connectivity index (χ3n) is 4.22.